The van der Waals surface area contributed by atoms with E-state index in [0.29, 0.717) is 5.69 Å². The average Bonchev–Trinajstić information content (AvgIpc) is 2.81. The van der Waals surface area contributed by atoms with Crippen molar-refractivity contribution in [2.45, 2.75) is 32.3 Å². The van der Waals surface area contributed by atoms with Crippen LogP contribution >= 0.6 is 18.4 Å². The van der Waals surface area contributed by atoms with Gasteiger partial charge in [0.2, 0.25) is 0 Å². The third-order valence-electron chi connectivity index (χ3n) is 3.07. The van der Waals surface area contributed by atoms with E-state index in [9.17, 15) is 21.6 Å². The molecule has 0 radical (unpaired) electrons. The zero-order valence-corrected chi connectivity index (χ0v) is 15.6. The molecule has 0 bridgehead atoms. The van der Waals surface area contributed by atoms with E-state index in [1.807, 2.05) is 13.8 Å². The molecular weight excluding hydrogens is 444 g/mol. The molecule has 0 aliphatic carbocycles. The van der Waals surface area contributed by atoms with Gasteiger partial charge in [-0.25, -0.2) is 0 Å². The van der Waals surface area contributed by atoms with E-state index in [1.54, 1.807) is 29.8 Å². The molecular formula is C14H16F3IN2O2S. The number of rotatable bonds is 4. The van der Waals surface area contributed by atoms with E-state index in [1.165, 1.54) is 18.3 Å². The zero-order valence-electron chi connectivity index (χ0n) is 12.7. The molecule has 128 valence electrons. The van der Waals surface area contributed by atoms with Crippen LogP contribution in [-0.4, -0.2) is 23.7 Å². The van der Waals surface area contributed by atoms with Crippen molar-refractivity contribution in [3.8, 4) is 0 Å². The van der Waals surface area contributed by atoms with Crippen LogP contribution in [0.1, 0.15) is 25.6 Å². The Balaban J connectivity index is 2.70. The fourth-order valence-corrected chi connectivity index (χ4v) is 12.8. The minimum absolute atomic E-state index is 0.0640. The van der Waals surface area contributed by atoms with Crippen molar-refractivity contribution in [2.24, 2.45) is 0 Å². The maximum atomic E-state index is 13.2. The summed E-state index contributed by atoms with van der Waals surface area (Å²) in [6.45, 7) is 5.29. The third kappa shape index (κ3) is 3.39. The van der Waals surface area contributed by atoms with E-state index in [-0.39, 0.29) is 13.2 Å². The van der Waals surface area contributed by atoms with Gasteiger partial charge in [-0.05, 0) is 0 Å². The molecule has 0 atom stereocenters. The fourth-order valence-electron chi connectivity index (χ4n) is 2.05. The van der Waals surface area contributed by atoms with Gasteiger partial charge in [0.15, 0.2) is 0 Å². The molecule has 0 aliphatic heterocycles. The van der Waals surface area contributed by atoms with Crippen LogP contribution < -0.4 is 0 Å². The standard InChI is InChI=1S/C14H16F3IN2O2S/c1-10(2)20-11(3)13(9-19-20)18(12-7-5-4-6-8-12)23(21,22)14(15,16)17/h4-10H,1-3H3. The molecule has 2 rings (SSSR count). The first-order valence-corrected chi connectivity index (χ1v) is 12.9. The summed E-state index contributed by atoms with van der Waals surface area (Å²) in [6, 6.07) is 7.57. The Morgan fingerprint density at radius 2 is 1.74 bits per heavy atom. The van der Waals surface area contributed by atoms with Crippen LogP contribution in [0.4, 0.5) is 13.2 Å². The Hall–Kier alpha value is -1.10. The predicted molar refractivity (Wildman–Crippen MR) is 90.2 cm³/mol. The Morgan fingerprint density at radius 1 is 1.17 bits per heavy atom. The van der Waals surface area contributed by atoms with E-state index >= 15 is 0 Å². The summed E-state index contributed by atoms with van der Waals surface area (Å²) < 4.78 is 65.9. The van der Waals surface area contributed by atoms with Crippen molar-refractivity contribution < 1.29 is 21.6 Å². The summed E-state index contributed by atoms with van der Waals surface area (Å²) in [4.78, 5) is 0. The molecule has 0 unspecified atom stereocenters. The number of alkyl halides is 3. The van der Waals surface area contributed by atoms with E-state index < -0.39 is 31.0 Å². The van der Waals surface area contributed by atoms with Crippen LogP contribution in [0.25, 0.3) is 0 Å². The van der Waals surface area contributed by atoms with Gasteiger partial charge in [0.1, 0.15) is 0 Å². The van der Waals surface area contributed by atoms with Crippen LogP contribution in [0, 0.1) is 14.1 Å². The van der Waals surface area contributed by atoms with Gasteiger partial charge in [-0.1, -0.05) is 0 Å². The second-order valence-electron chi connectivity index (χ2n) is 5.04. The number of benzene rings is 1. The molecule has 1 heterocycles. The number of halogens is 4. The van der Waals surface area contributed by atoms with Crippen molar-refractivity contribution in [3.63, 3.8) is 0 Å². The van der Waals surface area contributed by atoms with Crippen LogP contribution in [0.15, 0.2) is 36.5 Å². The van der Waals surface area contributed by atoms with Gasteiger partial charge < -0.3 is 0 Å². The number of aromatic nitrogens is 2. The molecule has 0 N–H and O–H groups in total. The summed E-state index contributed by atoms with van der Waals surface area (Å²) >= 11 is -3.81. The van der Waals surface area contributed by atoms with Gasteiger partial charge in [0.05, 0.1) is 0 Å². The molecule has 9 heteroatoms. The summed E-state index contributed by atoms with van der Waals surface area (Å²) in [5, 5.41) is 4.08. The van der Waals surface area contributed by atoms with Crippen LogP contribution in [-0.2, 0) is 7.01 Å². The number of hydrogen-bond acceptors (Lipinski definition) is 3. The zero-order chi connectivity index (χ0) is 17.4. The topological polar surface area (TPSA) is 52.0 Å². The normalized spacial score (nSPS) is 13.4. The van der Waals surface area contributed by atoms with Gasteiger partial charge in [-0.3, -0.25) is 0 Å². The molecule has 1 aromatic heterocycles. The second kappa shape index (κ2) is 6.42. The Bertz CT molecular complexity index is 786. The van der Waals surface area contributed by atoms with Crippen molar-refractivity contribution in [1.29, 1.82) is 0 Å². The SMILES string of the molecule is Cc1c(I(c2ccccc2)S(=O)(=O)C(F)(F)F)cnn1C(C)C. The van der Waals surface area contributed by atoms with E-state index in [0.717, 1.165) is 0 Å². The van der Waals surface area contributed by atoms with Gasteiger partial charge in [0, 0.05) is 0 Å². The van der Waals surface area contributed by atoms with Gasteiger partial charge in [0.25, 0.3) is 0 Å². The summed E-state index contributed by atoms with van der Waals surface area (Å²) in [7, 11) is -5.28. The molecule has 0 saturated carbocycles. The van der Waals surface area contributed by atoms with Crippen molar-refractivity contribution in [3.05, 3.63) is 49.4 Å². The third-order valence-corrected chi connectivity index (χ3v) is 15.3. The van der Waals surface area contributed by atoms with E-state index in [2.05, 4.69) is 5.10 Å². The molecule has 2 aromatic rings. The quantitative estimate of drug-likeness (QED) is 0.509. The minimum atomic E-state index is -5.28. The monoisotopic (exact) mass is 460 g/mol. The molecule has 0 amide bonds. The molecule has 4 nitrogen and oxygen atoms in total. The van der Waals surface area contributed by atoms with Crippen molar-refractivity contribution in [2.75, 3.05) is 0 Å². The first kappa shape index (κ1) is 18.2. The Morgan fingerprint density at radius 3 is 2.17 bits per heavy atom. The van der Waals surface area contributed by atoms with Gasteiger partial charge in [-0.2, -0.15) is 0 Å². The van der Waals surface area contributed by atoms with Crippen LogP contribution in [0.3, 0.4) is 0 Å². The number of nitrogens with zero attached hydrogens (tertiary/aromatic N) is 2. The van der Waals surface area contributed by atoms with Gasteiger partial charge >= 0.3 is 138 Å². The fraction of sp³-hybridized carbons (Fsp3) is 0.357. The average molecular weight is 460 g/mol. The predicted octanol–water partition coefficient (Wildman–Crippen LogP) is 4.17. The van der Waals surface area contributed by atoms with Crippen LogP contribution in [0.2, 0.25) is 0 Å². The molecule has 0 aliphatic rings. The molecule has 23 heavy (non-hydrogen) atoms. The van der Waals surface area contributed by atoms with Gasteiger partial charge in [-0.15, -0.1) is 0 Å². The molecule has 1 aromatic carbocycles. The summed E-state index contributed by atoms with van der Waals surface area (Å²) in [5.41, 5.74) is -4.80. The first-order chi connectivity index (χ1) is 10.6. The summed E-state index contributed by atoms with van der Waals surface area (Å²) in [6.07, 6.45) is 1.27. The van der Waals surface area contributed by atoms with Crippen LogP contribution in [0.5, 0.6) is 0 Å². The van der Waals surface area contributed by atoms with Crippen molar-refractivity contribution >= 4 is 25.4 Å². The summed E-state index contributed by atoms with van der Waals surface area (Å²) in [5.74, 6) is 0. The Labute approximate surface area is 138 Å². The van der Waals surface area contributed by atoms with E-state index in [4.69, 9.17) is 0 Å². The second-order valence-corrected chi connectivity index (χ2v) is 15.8. The Kier molecular flexibility index (Phi) is 5.09. The molecule has 0 fully saturated rings. The maximum absolute atomic E-state index is 13.2. The van der Waals surface area contributed by atoms with Crippen molar-refractivity contribution in [1.82, 2.24) is 9.78 Å². The first-order valence-electron chi connectivity index (χ1n) is 6.68. The number of hydrogen-bond donors (Lipinski definition) is 0. The molecule has 0 saturated heterocycles. The molecule has 0 spiro atoms.